The van der Waals surface area contributed by atoms with Gasteiger partial charge in [0.05, 0.1) is 20.2 Å². The predicted molar refractivity (Wildman–Crippen MR) is 96.1 cm³/mol. The first kappa shape index (κ1) is 16.8. The summed E-state index contributed by atoms with van der Waals surface area (Å²) in [4.78, 5) is 27.5. The minimum atomic E-state index is -0.518. The van der Waals surface area contributed by atoms with Gasteiger partial charge in [-0.25, -0.2) is 0 Å². The highest BCUT2D eigenvalue weighted by Crippen LogP contribution is 2.29. The van der Waals surface area contributed by atoms with Crippen LogP contribution in [0.4, 0.5) is 5.00 Å². The number of halogens is 1. The minimum Gasteiger partial charge on any atom is -0.316 e. The smallest absolute Gasteiger partial charge is 0.316 e. The van der Waals surface area contributed by atoms with E-state index >= 15 is 0 Å². The van der Waals surface area contributed by atoms with Gasteiger partial charge in [0, 0.05) is 12.6 Å². The molecule has 0 bridgehead atoms. The molecule has 124 valence electrons. The molecule has 1 amide bonds. The summed E-state index contributed by atoms with van der Waals surface area (Å²) in [5.74, 6) is -0.490. The fourth-order valence-electron chi connectivity index (χ4n) is 2.38. The fourth-order valence-corrected chi connectivity index (χ4v) is 4.53. The molecule has 0 unspecified atom stereocenters. The second-order valence-corrected chi connectivity index (χ2v) is 7.43. The van der Waals surface area contributed by atoms with Gasteiger partial charge in [-0.05, 0) is 31.5 Å². The second kappa shape index (κ2) is 6.46. The third-order valence-electron chi connectivity index (χ3n) is 3.48. The normalized spacial score (nSPS) is 12.0. The Balaban J connectivity index is 2.15. The SMILES string of the molecule is CCn1c(=NC(=O)c2ccc([N+](=O)[O-])s2)sc2c(Cl)ccc(C)c21. The lowest BCUT2D eigenvalue weighted by Gasteiger charge is -2.03. The van der Waals surface area contributed by atoms with Gasteiger partial charge in [-0.15, -0.1) is 0 Å². The zero-order valence-corrected chi connectivity index (χ0v) is 15.2. The van der Waals surface area contributed by atoms with Gasteiger partial charge in [-0.1, -0.05) is 40.3 Å². The number of carbonyl (C=O) groups excluding carboxylic acids is 1. The highest BCUT2D eigenvalue weighted by molar-refractivity contribution is 7.17. The van der Waals surface area contributed by atoms with Crippen LogP contribution in [0.3, 0.4) is 0 Å². The zero-order chi connectivity index (χ0) is 17.4. The predicted octanol–water partition coefficient (Wildman–Crippen LogP) is 4.40. The molecule has 0 atom stereocenters. The molecule has 6 nitrogen and oxygen atoms in total. The maximum atomic E-state index is 12.3. The topological polar surface area (TPSA) is 77.5 Å². The second-order valence-electron chi connectivity index (χ2n) is 4.98. The van der Waals surface area contributed by atoms with Crippen molar-refractivity contribution in [2.75, 3.05) is 0 Å². The standard InChI is InChI=1S/C15H12ClN3O3S2/c1-3-18-12-8(2)4-5-9(16)13(12)24-15(18)17-14(20)10-6-7-11(23-10)19(21)22/h4-7H,3H2,1-2H3. The van der Waals surface area contributed by atoms with E-state index in [0.717, 1.165) is 27.1 Å². The van der Waals surface area contributed by atoms with Crippen molar-refractivity contribution in [2.45, 2.75) is 20.4 Å². The average Bonchev–Trinajstić information content (AvgIpc) is 3.16. The van der Waals surface area contributed by atoms with E-state index in [9.17, 15) is 14.9 Å². The van der Waals surface area contributed by atoms with E-state index < -0.39 is 10.8 Å². The molecule has 24 heavy (non-hydrogen) atoms. The molecule has 3 rings (SSSR count). The van der Waals surface area contributed by atoms with Gasteiger partial charge in [0.1, 0.15) is 4.88 Å². The Morgan fingerprint density at radius 3 is 2.71 bits per heavy atom. The number of carbonyl (C=O) groups is 1. The van der Waals surface area contributed by atoms with Crippen LogP contribution in [0, 0.1) is 17.0 Å². The van der Waals surface area contributed by atoms with Gasteiger partial charge in [0.25, 0.3) is 5.91 Å². The lowest BCUT2D eigenvalue weighted by atomic mass is 10.2. The molecule has 1 aromatic carbocycles. The maximum absolute atomic E-state index is 12.3. The van der Waals surface area contributed by atoms with Crippen LogP contribution in [0.2, 0.25) is 5.02 Å². The van der Waals surface area contributed by atoms with Crippen molar-refractivity contribution >= 4 is 55.4 Å². The number of hydrogen-bond acceptors (Lipinski definition) is 5. The molecular weight excluding hydrogens is 370 g/mol. The molecule has 2 heterocycles. The number of amides is 1. The van der Waals surface area contributed by atoms with Crippen molar-refractivity contribution in [3.05, 3.63) is 54.6 Å². The summed E-state index contributed by atoms with van der Waals surface area (Å²) < 4.78 is 2.81. The Kier molecular flexibility index (Phi) is 4.53. The third kappa shape index (κ3) is 2.88. The number of nitro groups is 1. The maximum Gasteiger partial charge on any atom is 0.324 e. The van der Waals surface area contributed by atoms with Gasteiger partial charge < -0.3 is 4.57 Å². The van der Waals surface area contributed by atoms with Crippen LogP contribution in [0.5, 0.6) is 0 Å². The molecule has 0 N–H and O–H groups in total. The number of nitrogens with zero attached hydrogens (tertiary/aromatic N) is 3. The Hall–Kier alpha value is -2.03. The number of aromatic nitrogens is 1. The summed E-state index contributed by atoms with van der Waals surface area (Å²) in [6.07, 6.45) is 0. The van der Waals surface area contributed by atoms with E-state index in [2.05, 4.69) is 4.99 Å². The van der Waals surface area contributed by atoms with Crippen LogP contribution in [0.25, 0.3) is 10.2 Å². The molecule has 2 aromatic heterocycles. The molecule has 9 heteroatoms. The Labute approximate surface area is 149 Å². The summed E-state index contributed by atoms with van der Waals surface area (Å²) in [7, 11) is 0. The molecule has 0 radical (unpaired) electrons. The van der Waals surface area contributed by atoms with E-state index in [1.807, 2.05) is 30.5 Å². The molecule has 3 aromatic rings. The van der Waals surface area contributed by atoms with E-state index in [-0.39, 0.29) is 9.88 Å². The van der Waals surface area contributed by atoms with Crippen LogP contribution in [-0.4, -0.2) is 15.4 Å². The summed E-state index contributed by atoms with van der Waals surface area (Å²) in [5.41, 5.74) is 2.01. The van der Waals surface area contributed by atoms with Gasteiger partial charge in [0.2, 0.25) is 0 Å². The minimum absolute atomic E-state index is 0.0767. The Morgan fingerprint density at radius 1 is 1.33 bits per heavy atom. The molecule has 0 aliphatic carbocycles. The van der Waals surface area contributed by atoms with Gasteiger partial charge >= 0.3 is 5.00 Å². The lowest BCUT2D eigenvalue weighted by Crippen LogP contribution is -2.16. The molecule has 0 aliphatic rings. The number of aryl methyl sites for hydroxylation is 2. The zero-order valence-electron chi connectivity index (χ0n) is 12.8. The van der Waals surface area contributed by atoms with Crippen molar-refractivity contribution in [2.24, 2.45) is 4.99 Å². The number of fused-ring (bicyclic) bond motifs is 1. The molecule has 0 saturated carbocycles. The molecule has 0 spiro atoms. The van der Waals surface area contributed by atoms with Crippen LogP contribution in [0.15, 0.2) is 29.3 Å². The highest BCUT2D eigenvalue weighted by atomic mass is 35.5. The quantitative estimate of drug-likeness (QED) is 0.498. The summed E-state index contributed by atoms with van der Waals surface area (Å²) in [5, 5.41) is 11.3. The van der Waals surface area contributed by atoms with E-state index in [1.165, 1.54) is 23.5 Å². The van der Waals surface area contributed by atoms with Crippen LogP contribution >= 0.6 is 34.3 Å². The first-order valence-corrected chi connectivity index (χ1v) is 9.05. The summed E-state index contributed by atoms with van der Waals surface area (Å²) in [6, 6.07) is 6.49. The Bertz CT molecular complexity index is 1030. The summed E-state index contributed by atoms with van der Waals surface area (Å²) in [6.45, 7) is 4.58. The van der Waals surface area contributed by atoms with Crippen molar-refractivity contribution in [1.82, 2.24) is 4.57 Å². The highest BCUT2D eigenvalue weighted by Gasteiger charge is 2.16. The lowest BCUT2D eigenvalue weighted by molar-refractivity contribution is -0.380. The molecule has 0 aliphatic heterocycles. The van der Waals surface area contributed by atoms with Crippen molar-refractivity contribution in [3.8, 4) is 0 Å². The molecular formula is C15H12ClN3O3S2. The van der Waals surface area contributed by atoms with Gasteiger partial charge in [-0.2, -0.15) is 4.99 Å². The van der Waals surface area contributed by atoms with Crippen LogP contribution in [-0.2, 0) is 6.54 Å². The summed E-state index contributed by atoms with van der Waals surface area (Å²) >= 11 is 8.42. The number of hydrogen-bond donors (Lipinski definition) is 0. The van der Waals surface area contributed by atoms with E-state index in [0.29, 0.717) is 16.4 Å². The van der Waals surface area contributed by atoms with Crippen LogP contribution in [0.1, 0.15) is 22.2 Å². The fraction of sp³-hybridized carbons (Fsp3) is 0.200. The number of thiophene rings is 1. The van der Waals surface area contributed by atoms with Crippen molar-refractivity contribution in [1.29, 1.82) is 0 Å². The monoisotopic (exact) mass is 381 g/mol. The number of thiazole rings is 1. The van der Waals surface area contributed by atoms with Crippen molar-refractivity contribution in [3.63, 3.8) is 0 Å². The van der Waals surface area contributed by atoms with E-state index in [1.54, 1.807) is 0 Å². The molecule has 0 saturated heterocycles. The Morgan fingerprint density at radius 2 is 2.08 bits per heavy atom. The third-order valence-corrected chi connectivity index (χ3v) is 6.04. The van der Waals surface area contributed by atoms with E-state index in [4.69, 9.17) is 11.6 Å². The van der Waals surface area contributed by atoms with Crippen molar-refractivity contribution < 1.29 is 9.72 Å². The first-order valence-electron chi connectivity index (χ1n) is 7.04. The van der Waals surface area contributed by atoms with Gasteiger partial charge in [0.15, 0.2) is 4.80 Å². The average molecular weight is 382 g/mol. The van der Waals surface area contributed by atoms with Gasteiger partial charge in [-0.3, -0.25) is 14.9 Å². The number of rotatable bonds is 3. The molecule has 0 fully saturated rings. The first-order chi connectivity index (χ1) is 11.4. The largest absolute Gasteiger partial charge is 0.324 e. The van der Waals surface area contributed by atoms with Crippen LogP contribution < -0.4 is 4.80 Å². The number of benzene rings is 1.